The molecule has 3 nitrogen and oxygen atoms in total. The first-order valence-corrected chi connectivity index (χ1v) is 7.86. The van der Waals surface area contributed by atoms with Crippen LogP contribution >= 0.6 is 11.8 Å². The molecule has 0 aromatic heterocycles. The number of ketones is 1. The van der Waals surface area contributed by atoms with Gasteiger partial charge < -0.3 is 4.74 Å². The van der Waals surface area contributed by atoms with Gasteiger partial charge in [-0.1, -0.05) is 0 Å². The molecular weight excluding hydrogens is 291 g/mol. The lowest BCUT2D eigenvalue weighted by Gasteiger charge is -2.15. The second-order valence-corrected chi connectivity index (χ2v) is 6.71. The number of hydrogen-bond donors (Lipinski definition) is 0. The number of rotatable bonds is 6. The van der Waals surface area contributed by atoms with Crippen LogP contribution in [0.2, 0.25) is 0 Å². The van der Waals surface area contributed by atoms with Crippen LogP contribution in [0.5, 0.6) is 0 Å². The highest BCUT2D eigenvalue weighted by atomic mass is 32.2. The van der Waals surface area contributed by atoms with E-state index in [1.165, 1.54) is 31.9 Å². The van der Waals surface area contributed by atoms with Crippen molar-refractivity contribution < 1.29 is 18.7 Å². The third kappa shape index (κ3) is 3.84. The maximum atomic E-state index is 13.6. The fourth-order valence-corrected chi connectivity index (χ4v) is 3.68. The van der Waals surface area contributed by atoms with Gasteiger partial charge in [0, 0.05) is 16.2 Å². The van der Waals surface area contributed by atoms with Gasteiger partial charge in [-0.25, -0.2) is 4.39 Å². The van der Waals surface area contributed by atoms with Crippen molar-refractivity contribution in [3.63, 3.8) is 0 Å². The Bertz CT molecular complexity index is 579. The normalized spacial score (nSPS) is 15.6. The fourth-order valence-electron chi connectivity index (χ4n) is 2.21. The molecule has 21 heavy (non-hydrogen) atoms. The topological polar surface area (TPSA) is 43.4 Å². The summed E-state index contributed by atoms with van der Waals surface area (Å²) in [7, 11) is 1.39. The van der Waals surface area contributed by atoms with Crippen LogP contribution in [0.4, 0.5) is 4.39 Å². The van der Waals surface area contributed by atoms with Gasteiger partial charge in [-0.3, -0.25) is 9.59 Å². The second kappa shape index (κ2) is 6.18. The van der Waals surface area contributed by atoms with E-state index in [1.54, 1.807) is 13.0 Å². The zero-order valence-electron chi connectivity index (χ0n) is 12.5. The van der Waals surface area contributed by atoms with Crippen LogP contribution < -0.4 is 0 Å². The van der Waals surface area contributed by atoms with Crippen LogP contribution in [-0.4, -0.2) is 24.6 Å². The minimum absolute atomic E-state index is 0.0197. The molecule has 0 aliphatic heterocycles. The molecule has 1 aromatic carbocycles. The lowest BCUT2D eigenvalue weighted by atomic mass is 10.1. The monoisotopic (exact) mass is 310 g/mol. The van der Waals surface area contributed by atoms with Crippen LogP contribution in [0.15, 0.2) is 17.0 Å². The van der Waals surface area contributed by atoms with Gasteiger partial charge >= 0.3 is 5.97 Å². The van der Waals surface area contributed by atoms with Crippen LogP contribution in [0.25, 0.3) is 0 Å². The highest BCUT2D eigenvalue weighted by Gasteiger charge is 2.44. The summed E-state index contributed by atoms with van der Waals surface area (Å²) in [6.07, 6.45) is 2.39. The van der Waals surface area contributed by atoms with Gasteiger partial charge in [0.2, 0.25) is 0 Å². The Morgan fingerprint density at radius 2 is 2.05 bits per heavy atom. The number of methoxy groups -OCH3 is 1. The summed E-state index contributed by atoms with van der Waals surface area (Å²) in [5.41, 5.74) is 0.922. The maximum Gasteiger partial charge on any atom is 0.306 e. The minimum atomic E-state index is -0.361. The Labute approximate surface area is 128 Å². The quantitative estimate of drug-likeness (QED) is 0.456. The molecule has 0 amide bonds. The number of halogens is 1. The molecule has 0 unspecified atom stereocenters. The molecule has 5 heteroatoms. The Morgan fingerprint density at radius 3 is 2.57 bits per heavy atom. The standard InChI is InChI=1S/C16H19FO3S/c1-10-6-14(12(11(2)18)7-13(10)17)21-9-16(4-5-16)8-15(19)20-3/h6-7H,4-5,8-9H2,1-3H3. The molecule has 0 N–H and O–H groups in total. The van der Waals surface area contributed by atoms with Crippen LogP contribution in [0, 0.1) is 18.2 Å². The molecule has 1 fully saturated rings. The van der Waals surface area contributed by atoms with Crippen molar-refractivity contribution >= 4 is 23.5 Å². The number of hydrogen-bond acceptors (Lipinski definition) is 4. The highest BCUT2D eigenvalue weighted by Crippen LogP contribution is 2.52. The summed E-state index contributed by atoms with van der Waals surface area (Å²) < 4.78 is 18.3. The lowest BCUT2D eigenvalue weighted by molar-refractivity contribution is -0.141. The number of Topliss-reactive ketones (excluding diaryl/α,β-unsaturated/α-hetero) is 1. The molecule has 2 rings (SSSR count). The number of carbonyl (C=O) groups is 2. The zero-order valence-corrected chi connectivity index (χ0v) is 13.3. The second-order valence-electron chi connectivity index (χ2n) is 5.70. The predicted molar refractivity (Wildman–Crippen MR) is 80.2 cm³/mol. The fraction of sp³-hybridized carbons (Fsp3) is 0.500. The lowest BCUT2D eigenvalue weighted by Crippen LogP contribution is -2.13. The van der Waals surface area contributed by atoms with Gasteiger partial charge in [-0.2, -0.15) is 0 Å². The molecule has 0 spiro atoms. The molecule has 0 bridgehead atoms. The van der Waals surface area contributed by atoms with E-state index >= 15 is 0 Å². The van der Waals surface area contributed by atoms with Crippen molar-refractivity contribution in [3.05, 3.63) is 29.1 Å². The summed E-state index contributed by atoms with van der Waals surface area (Å²) >= 11 is 1.52. The summed E-state index contributed by atoms with van der Waals surface area (Å²) in [4.78, 5) is 23.8. The molecule has 1 saturated carbocycles. The number of esters is 1. The van der Waals surface area contributed by atoms with E-state index < -0.39 is 0 Å². The molecule has 0 atom stereocenters. The van der Waals surface area contributed by atoms with Crippen molar-refractivity contribution in [1.29, 1.82) is 0 Å². The maximum absolute atomic E-state index is 13.6. The average Bonchev–Trinajstić information content (AvgIpc) is 3.19. The molecular formula is C16H19FO3S. The van der Waals surface area contributed by atoms with Gasteiger partial charge in [-0.05, 0) is 49.8 Å². The van der Waals surface area contributed by atoms with Crippen molar-refractivity contribution in [2.24, 2.45) is 5.41 Å². The summed E-state index contributed by atoms with van der Waals surface area (Å²) in [5.74, 6) is 0.0395. The smallest absolute Gasteiger partial charge is 0.306 e. The number of thioether (sulfide) groups is 1. The Balaban J connectivity index is 2.11. The first kappa shape index (κ1) is 16.0. The molecule has 0 radical (unpaired) electrons. The third-order valence-electron chi connectivity index (χ3n) is 3.88. The SMILES string of the molecule is COC(=O)CC1(CSc2cc(C)c(F)cc2C(C)=O)CC1. The number of aryl methyl sites for hydroxylation is 1. The Morgan fingerprint density at radius 1 is 1.38 bits per heavy atom. The first-order chi connectivity index (χ1) is 9.87. The van der Waals surface area contributed by atoms with E-state index in [4.69, 9.17) is 4.74 Å². The average molecular weight is 310 g/mol. The third-order valence-corrected chi connectivity index (χ3v) is 5.28. The van der Waals surface area contributed by atoms with E-state index in [0.717, 1.165) is 23.5 Å². The predicted octanol–water partition coefficient (Wildman–Crippen LogP) is 3.77. The molecule has 114 valence electrons. The van der Waals surface area contributed by atoms with Gasteiger partial charge in [0.25, 0.3) is 0 Å². The van der Waals surface area contributed by atoms with Gasteiger partial charge in [0.05, 0.1) is 13.5 Å². The van der Waals surface area contributed by atoms with E-state index in [-0.39, 0.29) is 23.0 Å². The Kier molecular flexibility index (Phi) is 4.71. The molecule has 1 aliphatic carbocycles. The molecule has 0 saturated heterocycles. The van der Waals surface area contributed by atoms with E-state index in [0.29, 0.717) is 17.5 Å². The summed E-state index contributed by atoms with van der Waals surface area (Å²) in [6.45, 7) is 3.13. The first-order valence-electron chi connectivity index (χ1n) is 6.87. The minimum Gasteiger partial charge on any atom is -0.469 e. The number of carbonyl (C=O) groups excluding carboxylic acids is 2. The van der Waals surface area contributed by atoms with Crippen molar-refractivity contribution in [1.82, 2.24) is 0 Å². The van der Waals surface area contributed by atoms with Crippen LogP contribution in [0.1, 0.15) is 42.1 Å². The van der Waals surface area contributed by atoms with Crippen molar-refractivity contribution in [2.45, 2.75) is 38.0 Å². The highest BCUT2D eigenvalue weighted by molar-refractivity contribution is 7.99. The largest absolute Gasteiger partial charge is 0.469 e. The van der Waals surface area contributed by atoms with Crippen molar-refractivity contribution in [3.8, 4) is 0 Å². The summed E-state index contributed by atoms with van der Waals surface area (Å²) in [5, 5.41) is 0. The molecule has 0 heterocycles. The number of ether oxygens (including phenoxy) is 1. The molecule has 1 aromatic rings. The number of benzene rings is 1. The van der Waals surface area contributed by atoms with Gasteiger partial charge in [0.15, 0.2) is 5.78 Å². The van der Waals surface area contributed by atoms with Crippen LogP contribution in [-0.2, 0) is 9.53 Å². The van der Waals surface area contributed by atoms with Crippen molar-refractivity contribution in [2.75, 3.05) is 12.9 Å². The van der Waals surface area contributed by atoms with Gasteiger partial charge in [0.1, 0.15) is 5.82 Å². The summed E-state index contributed by atoms with van der Waals surface area (Å²) in [6, 6.07) is 3.02. The van der Waals surface area contributed by atoms with Gasteiger partial charge in [-0.15, -0.1) is 11.8 Å². The van der Waals surface area contributed by atoms with Crippen LogP contribution in [0.3, 0.4) is 0 Å². The van der Waals surface area contributed by atoms with E-state index in [2.05, 4.69) is 0 Å². The zero-order chi connectivity index (χ0) is 15.6. The van der Waals surface area contributed by atoms with E-state index in [1.807, 2.05) is 0 Å². The molecule has 1 aliphatic rings. The Hall–Kier alpha value is -1.36. The van der Waals surface area contributed by atoms with E-state index in [9.17, 15) is 14.0 Å².